The summed E-state index contributed by atoms with van der Waals surface area (Å²) in [5.41, 5.74) is 1.61. The van der Waals surface area contributed by atoms with Gasteiger partial charge in [0.1, 0.15) is 5.82 Å². The van der Waals surface area contributed by atoms with Gasteiger partial charge >= 0.3 is 6.03 Å². The summed E-state index contributed by atoms with van der Waals surface area (Å²) in [5, 5.41) is 23.9. The van der Waals surface area contributed by atoms with Crippen molar-refractivity contribution in [2.24, 2.45) is 0 Å². The number of morpholine rings is 1. The summed E-state index contributed by atoms with van der Waals surface area (Å²) >= 11 is 0. The van der Waals surface area contributed by atoms with Crippen molar-refractivity contribution in [3.8, 4) is 0 Å². The number of rotatable bonds is 5. The van der Waals surface area contributed by atoms with Crippen LogP contribution in [0.15, 0.2) is 42.6 Å². The molecule has 0 saturated carbocycles. The topological polar surface area (TPSA) is 115 Å². The van der Waals surface area contributed by atoms with Crippen molar-refractivity contribution >= 4 is 28.6 Å². The van der Waals surface area contributed by atoms with Crippen molar-refractivity contribution in [1.82, 2.24) is 20.5 Å². The molecular formula is C20H24N6O3. The van der Waals surface area contributed by atoms with Crippen molar-refractivity contribution in [2.45, 2.75) is 19.1 Å². The second-order valence-corrected chi connectivity index (χ2v) is 6.99. The zero-order valence-corrected chi connectivity index (χ0v) is 16.1. The van der Waals surface area contributed by atoms with Crippen LogP contribution in [0.25, 0.3) is 10.9 Å². The number of aliphatic hydroxyl groups excluding tert-OH is 1. The third-order valence-corrected chi connectivity index (χ3v) is 4.91. The van der Waals surface area contributed by atoms with Crippen LogP contribution in [0.1, 0.15) is 18.5 Å². The minimum atomic E-state index is -0.748. The summed E-state index contributed by atoms with van der Waals surface area (Å²) in [6, 6.07) is 10.1. The molecule has 0 bridgehead atoms. The maximum atomic E-state index is 12.5. The fourth-order valence-electron chi connectivity index (χ4n) is 3.42. The molecule has 1 aromatic carbocycles. The van der Waals surface area contributed by atoms with E-state index < -0.39 is 18.2 Å². The van der Waals surface area contributed by atoms with Crippen LogP contribution in [-0.2, 0) is 4.74 Å². The maximum absolute atomic E-state index is 12.5. The van der Waals surface area contributed by atoms with Gasteiger partial charge in [0.15, 0.2) is 5.82 Å². The lowest BCUT2D eigenvalue weighted by atomic mass is 10.0. The van der Waals surface area contributed by atoms with Gasteiger partial charge in [-0.25, -0.2) is 9.78 Å². The number of urea groups is 1. The lowest BCUT2D eigenvalue weighted by Crippen LogP contribution is -2.37. The summed E-state index contributed by atoms with van der Waals surface area (Å²) in [7, 11) is 0. The van der Waals surface area contributed by atoms with E-state index in [9.17, 15) is 9.90 Å². The predicted octanol–water partition coefficient (Wildman–Crippen LogP) is 2.04. The fraction of sp³-hybridized carbons (Fsp3) is 0.350. The van der Waals surface area contributed by atoms with E-state index in [0.717, 1.165) is 35.4 Å². The van der Waals surface area contributed by atoms with E-state index in [4.69, 9.17) is 4.74 Å². The highest BCUT2D eigenvalue weighted by molar-refractivity contribution is 5.94. The zero-order valence-electron chi connectivity index (χ0n) is 16.1. The van der Waals surface area contributed by atoms with Gasteiger partial charge in [-0.1, -0.05) is 30.3 Å². The molecule has 4 rings (SSSR count). The minimum absolute atomic E-state index is 0.393. The summed E-state index contributed by atoms with van der Waals surface area (Å²) in [5.74, 6) is 1.23. The number of H-pyrrole nitrogens is 1. The number of nitrogens with one attached hydrogen (secondary N) is 3. The number of aliphatic hydroxyl groups is 1. The number of aromatic nitrogens is 3. The molecule has 9 heteroatoms. The number of anilines is 2. The number of aromatic amines is 1. The molecule has 2 amide bonds. The van der Waals surface area contributed by atoms with Crippen LogP contribution >= 0.6 is 0 Å². The Morgan fingerprint density at radius 2 is 2.03 bits per heavy atom. The molecule has 1 saturated heterocycles. The summed E-state index contributed by atoms with van der Waals surface area (Å²) in [6.07, 6.45) is 0.949. The largest absolute Gasteiger partial charge is 0.391 e. The molecule has 29 heavy (non-hydrogen) atoms. The van der Waals surface area contributed by atoms with Gasteiger partial charge < -0.3 is 20.1 Å². The Labute approximate surface area is 168 Å². The number of carbonyl (C=O) groups is 1. The van der Waals surface area contributed by atoms with Crippen molar-refractivity contribution < 1.29 is 14.6 Å². The van der Waals surface area contributed by atoms with Gasteiger partial charge in [-0.2, -0.15) is 5.10 Å². The first kappa shape index (κ1) is 19.2. The van der Waals surface area contributed by atoms with Crippen LogP contribution in [0.4, 0.5) is 16.4 Å². The standard InChI is InChI=1S/C20H24N6O3/c1-13(27)18(14-5-3-2-4-6-14)23-20(28)22-17-11-16-15(12-21-17)19(25-24-16)26-7-9-29-10-8-26/h2-6,11-13,18,27H,7-10H2,1H3,(H,24,25)(H2,21,22,23,28)/t13?,18-/m1/s1. The molecule has 2 aromatic heterocycles. The Morgan fingerprint density at radius 1 is 1.28 bits per heavy atom. The number of amides is 2. The van der Waals surface area contributed by atoms with E-state index in [-0.39, 0.29) is 0 Å². The lowest BCUT2D eigenvalue weighted by molar-refractivity contribution is 0.122. The highest BCUT2D eigenvalue weighted by Gasteiger charge is 2.21. The highest BCUT2D eigenvalue weighted by atomic mass is 16.5. The third-order valence-electron chi connectivity index (χ3n) is 4.91. The zero-order chi connectivity index (χ0) is 20.2. The molecule has 1 unspecified atom stereocenters. The Balaban J connectivity index is 1.46. The van der Waals surface area contributed by atoms with E-state index in [2.05, 4.69) is 30.7 Å². The first-order chi connectivity index (χ1) is 14.1. The predicted molar refractivity (Wildman–Crippen MR) is 110 cm³/mol. The summed E-state index contributed by atoms with van der Waals surface area (Å²) in [4.78, 5) is 19.0. The van der Waals surface area contributed by atoms with E-state index in [1.807, 2.05) is 30.3 Å². The second-order valence-electron chi connectivity index (χ2n) is 6.99. The summed E-state index contributed by atoms with van der Waals surface area (Å²) in [6.45, 7) is 4.55. The van der Waals surface area contributed by atoms with Crippen molar-refractivity contribution in [1.29, 1.82) is 0 Å². The van der Waals surface area contributed by atoms with Crippen molar-refractivity contribution in [3.63, 3.8) is 0 Å². The van der Waals surface area contributed by atoms with Gasteiger partial charge in [-0.15, -0.1) is 0 Å². The molecule has 4 N–H and O–H groups in total. The van der Waals surface area contributed by atoms with Crippen LogP contribution in [0.5, 0.6) is 0 Å². The van der Waals surface area contributed by atoms with E-state index in [0.29, 0.717) is 19.0 Å². The van der Waals surface area contributed by atoms with Crippen LogP contribution in [-0.4, -0.2) is 58.7 Å². The number of fused-ring (bicyclic) bond motifs is 1. The number of benzene rings is 1. The Hall–Kier alpha value is -3.17. The number of hydrogen-bond donors (Lipinski definition) is 4. The van der Waals surface area contributed by atoms with Crippen LogP contribution in [0.3, 0.4) is 0 Å². The number of ether oxygens (including phenoxy) is 1. The van der Waals surface area contributed by atoms with Gasteiger partial charge in [0, 0.05) is 25.4 Å². The number of carbonyl (C=O) groups excluding carboxylic acids is 1. The van der Waals surface area contributed by atoms with Gasteiger partial charge in [0.2, 0.25) is 0 Å². The molecular weight excluding hydrogens is 372 g/mol. The van der Waals surface area contributed by atoms with Crippen molar-refractivity contribution in [3.05, 3.63) is 48.2 Å². The molecule has 0 spiro atoms. The minimum Gasteiger partial charge on any atom is -0.391 e. The van der Waals surface area contributed by atoms with E-state index in [1.54, 1.807) is 19.2 Å². The number of pyridine rings is 1. The van der Waals surface area contributed by atoms with Gasteiger partial charge in [0.05, 0.1) is 36.3 Å². The van der Waals surface area contributed by atoms with Gasteiger partial charge in [-0.3, -0.25) is 10.4 Å². The molecule has 0 radical (unpaired) electrons. The Morgan fingerprint density at radius 3 is 2.76 bits per heavy atom. The SMILES string of the molecule is CC(O)[C@@H](NC(=O)Nc1cc2[nH]nc(N3CCOCC3)c2cn1)c1ccccc1. The molecule has 0 aliphatic carbocycles. The first-order valence-corrected chi connectivity index (χ1v) is 9.59. The first-order valence-electron chi connectivity index (χ1n) is 9.59. The fourth-order valence-corrected chi connectivity index (χ4v) is 3.42. The van der Waals surface area contributed by atoms with Crippen molar-refractivity contribution in [2.75, 3.05) is 36.5 Å². The molecule has 3 heterocycles. The van der Waals surface area contributed by atoms with E-state index in [1.165, 1.54) is 0 Å². The Kier molecular flexibility index (Phi) is 5.59. The molecule has 9 nitrogen and oxygen atoms in total. The van der Waals surface area contributed by atoms with Crippen LogP contribution in [0.2, 0.25) is 0 Å². The lowest BCUT2D eigenvalue weighted by Gasteiger charge is -2.26. The van der Waals surface area contributed by atoms with Gasteiger partial charge in [-0.05, 0) is 12.5 Å². The molecule has 152 valence electrons. The highest BCUT2D eigenvalue weighted by Crippen LogP contribution is 2.25. The molecule has 1 aliphatic rings. The number of nitrogens with zero attached hydrogens (tertiary/aromatic N) is 3. The van der Waals surface area contributed by atoms with Crippen LogP contribution in [0, 0.1) is 0 Å². The number of hydrogen-bond acceptors (Lipinski definition) is 6. The monoisotopic (exact) mass is 396 g/mol. The van der Waals surface area contributed by atoms with Gasteiger partial charge in [0.25, 0.3) is 0 Å². The maximum Gasteiger partial charge on any atom is 0.320 e. The smallest absolute Gasteiger partial charge is 0.320 e. The normalized spacial score (nSPS) is 16.4. The summed E-state index contributed by atoms with van der Waals surface area (Å²) < 4.78 is 5.39. The Bertz CT molecular complexity index is 969. The average Bonchev–Trinajstić information content (AvgIpc) is 3.16. The van der Waals surface area contributed by atoms with E-state index >= 15 is 0 Å². The van der Waals surface area contributed by atoms with Crippen LogP contribution < -0.4 is 15.5 Å². The molecule has 2 atom stereocenters. The average molecular weight is 396 g/mol. The molecule has 1 aliphatic heterocycles. The third kappa shape index (κ3) is 4.30. The molecule has 3 aromatic rings. The quantitative estimate of drug-likeness (QED) is 0.525. The molecule has 1 fully saturated rings. The second kappa shape index (κ2) is 8.46.